The van der Waals surface area contributed by atoms with E-state index in [9.17, 15) is 27.6 Å². The number of aromatic nitrogens is 2. The number of carbonyl (C=O) groups is 3. The summed E-state index contributed by atoms with van der Waals surface area (Å²) >= 11 is 2.25. The number of thioether (sulfide) groups is 1. The van der Waals surface area contributed by atoms with Crippen LogP contribution in [0.5, 0.6) is 0 Å². The van der Waals surface area contributed by atoms with Gasteiger partial charge in [-0.15, -0.1) is 10.2 Å². The van der Waals surface area contributed by atoms with Crippen LogP contribution in [0.25, 0.3) is 0 Å². The zero-order chi connectivity index (χ0) is 21.4. The van der Waals surface area contributed by atoms with Crippen molar-refractivity contribution in [2.24, 2.45) is 5.92 Å². The number of nitrogens with one attached hydrogen (secondary N) is 1. The summed E-state index contributed by atoms with van der Waals surface area (Å²) in [6.07, 6.45) is -5.05. The summed E-state index contributed by atoms with van der Waals surface area (Å²) in [6.45, 7) is 0.587. The van der Waals surface area contributed by atoms with E-state index in [-0.39, 0.29) is 55.3 Å². The first-order chi connectivity index (χ1) is 13.7. The molecule has 0 unspecified atom stereocenters. The first-order valence-corrected chi connectivity index (χ1v) is 10.4. The molecule has 2 amide bonds. The molecule has 1 fully saturated rings. The molecule has 1 saturated heterocycles. The van der Waals surface area contributed by atoms with Crippen molar-refractivity contribution in [1.82, 2.24) is 15.1 Å². The minimum absolute atomic E-state index is 0.0827. The van der Waals surface area contributed by atoms with E-state index in [0.29, 0.717) is 4.34 Å². The number of ether oxygens (including phenoxy) is 2. The van der Waals surface area contributed by atoms with E-state index in [0.717, 1.165) is 28.0 Å². The Bertz CT molecular complexity index is 723. The molecule has 1 aliphatic heterocycles. The number of hydrogen-bond donors (Lipinski definition) is 1. The minimum Gasteiger partial charge on any atom is -0.465 e. The Labute approximate surface area is 172 Å². The van der Waals surface area contributed by atoms with E-state index in [2.05, 4.69) is 20.3 Å². The molecule has 29 heavy (non-hydrogen) atoms. The van der Waals surface area contributed by atoms with Gasteiger partial charge in [-0.3, -0.25) is 9.59 Å². The van der Waals surface area contributed by atoms with Crippen molar-refractivity contribution >= 4 is 46.2 Å². The van der Waals surface area contributed by atoms with Gasteiger partial charge in [0.2, 0.25) is 11.0 Å². The lowest BCUT2D eigenvalue weighted by Crippen LogP contribution is -2.42. The number of esters is 1. The number of halogens is 3. The number of alkyl halides is 3. The first kappa shape index (κ1) is 23.2. The molecule has 0 aromatic carbocycles. The molecule has 162 valence electrons. The van der Waals surface area contributed by atoms with Gasteiger partial charge < -0.3 is 19.7 Å². The molecular formula is C15H19F3N4O5S2. The quantitative estimate of drug-likeness (QED) is 0.379. The fourth-order valence-electron chi connectivity index (χ4n) is 2.41. The predicted molar refractivity (Wildman–Crippen MR) is 97.6 cm³/mol. The Morgan fingerprint density at radius 3 is 2.55 bits per heavy atom. The predicted octanol–water partition coefficient (Wildman–Crippen LogP) is 2.54. The van der Waals surface area contributed by atoms with Gasteiger partial charge in [0.15, 0.2) is 10.9 Å². The van der Waals surface area contributed by atoms with Crippen LogP contribution >= 0.6 is 23.1 Å². The molecule has 0 atom stereocenters. The number of carbonyl (C=O) groups excluding carboxylic acids is 3. The molecule has 2 rings (SSSR count). The average molecular weight is 456 g/mol. The summed E-state index contributed by atoms with van der Waals surface area (Å²) < 4.78 is 45.8. The molecule has 1 aliphatic rings. The van der Waals surface area contributed by atoms with Gasteiger partial charge in [-0.25, -0.2) is 4.79 Å². The zero-order valence-corrected chi connectivity index (χ0v) is 17.0. The van der Waals surface area contributed by atoms with Gasteiger partial charge in [-0.2, -0.15) is 13.2 Å². The third kappa shape index (κ3) is 8.04. The maximum absolute atomic E-state index is 12.3. The third-order valence-electron chi connectivity index (χ3n) is 3.74. The van der Waals surface area contributed by atoms with Gasteiger partial charge in [0.05, 0.1) is 12.4 Å². The molecule has 1 N–H and O–H groups in total. The Balaban J connectivity index is 1.74. The molecule has 9 nitrogen and oxygen atoms in total. The molecule has 14 heteroatoms. The maximum atomic E-state index is 12.3. The number of nitrogens with zero attached hydrogens (tertiary/aromatic N) is 3. The first-order valence-electron chi connectivity index (χ1n) is 8.59. The van der Waals surface area contributed by atoms with Gasteiger partial charge >= 0.3 is 18.2 Å². The Kier molecular flexibility index (Phi) is 8.49. The number of likely N-dealkylation sites (tertiary alicyclic amines) is 1. The zero-order valence-electron chi connectivity index (χ0n) is 15.4. The molecule has 1 aromatic rings. The van der Waals surface area contributed by atoms with E-state index in [4.69, 9.17) is 4.74 Å². The summed E-state index contributed by atoms with van der Waals surface area (Å²) in [6, 6.07) is 0. The molecular weight excluding hydrogens is 437 g/mol. The van der Waals surface area contributed by atoms with Crippen molar-refractivity contribution in [2.75, 3.05) is 37.4 Å². The molecule has 0 aliphatic carbocycles. The normalized spacial score (nSPS) is 15.1. The molecule has 0 saturated carbocycles. The summed E-state index contributed by atoms with van der Waals surface area (Å²) in [5.41, 5.74) is 0. The summed E-state index contributed by atoms with van der Waals surface area (Å²) in [5.74, 6) is -1.02. The maximum Gasteiger partial charge on any atom is 0.422 e. The van der Waals surface area contributed by atoms with Crippen molar-refractivity contribution in [3.05, 3.63) is 0 Å². The molecule has 0 spiro atoms. The second-order valence-electron chi connectivity index (χ2n) is 5.89. The average Bonchev–Trinajstić information content (AvgIpc) is 3.11. The van der Waals surface area contributed by atoms with E-state index in [1.807, 2.05) is 0 Å². The summed E-state index contributed by atoms with van der Waals surface area (Å²) in [4.78, 5) is 36.4. The third-order valence-corrected chi connectivity index (χ3v) is 5.68. The van der Waals surface area contributed by atoms with Crippen molar-refractivity contribution in [2.45, 2.75) is 30.3 Å². The van der Waals surface area contributed by atoms with Gasteiger partial charge in [-0.1, -0.05) is 23.1 Å². The van der Waals surface area contributed by atoms with Crippen LogP contribution in [0.4, 0.5) is 23.1 Å². The smallest absolute Gasteiger partial charge is 0.422 e. The van der Waals surface area contributed by atoms with Crippen molar-refractivity contribution in [3.8, 4) is 0 Å². The lowest BCUT2D eigenvalue weighted by atomic mass is 9.96. The standard InChI is InChI=1S/C15H19F3N4O5S2/c1-2-26-10(23)7-28-13-21-20-12(29-13)19-11(24)9-3-5-22(6-4-9)14(25)27-8-15(16,17)18/h9H,2-8H2,1H3,(H,19,20,24). The molecule has 0 radical (unpaired) electrons. The highest BCUT2D eigenvalue weighted by atomic mass is 32.2. The van der Waals surface area contributed by atoms with Gasteiger partial charge in [0.1, 0.15) is 0 Å². The van der Waals surface area contributed by atoms with Crippen molar-refractivity contribution < 1.29 is 37.0 Å². The SMILES string of the molecule is CCOC(=O)CSc1nnc(NC(=O)C2CCN(C(=O)OCC(F)(F)F)CC2)s1. The molecule has 1 aromatic heterocycles. The second kappa shape index (κ2) is 10.6. The van der Waals surface area contributed by atoms with Gasteiger partial charge in [0.25, 0.3) is 0 Å². The van der Waals surface area contributed by atoms with E-state index >= 15 is 0 Å². The number of rotatable bonds is 7. The summed E-state index contributed by atoms with van der Waals surface area (Å²) in [7, 11) is 0. The molecule has 0 bridgehead atoms. The number of amides is 2. The van der Waals surface area contributed by atoms with Crippen LogP contribution in [0.2, 0.25) is 0 Å². The highest BCUT2D eigenvalue weighted by molar-refractivity contribution is 8.01. The largest absolute Gasteiger partial charge is 0.465 e. The Morgan fingerprint density at radius 1 is 1.24 bits per heavy atom. The van der Waals surface area contributed by atoms with Crippen LogP contribution in [-0.4, -0.2) is 71.3 Å². The fraction of sp³-hybridized carbons (Fsp3) is 0.667. The number of hydrogen-bond acceptors (Lipinski definition) is 9. The summed E-state index contributed by atoms with van der Waals surface area (Å²) in [5, 5.41) is 10.6. The van der Waals surface area contributed by atoms with Crippen LogP contribution in [0.1, 0.15) is 19.8 Å². The Morgan fingerprint density at radius 2 is 1.93 bits per heavy atom. The monoisotopic (exact) mass is 456 g/mol. The van der Waals surface area contributed by atoms with E-state index in [1.165, 1.54) is 0 Å². The minimum atomic E-state index is -4.58. The highest BCUT2D eigenvalue weighted by Gasteiger charge is 2.33. The fourth-order valence-corrected chi connectivity index (χ4v) is 3.96. The van der Waals surface area contributed by atoms with Crippen LogP contribution < -0.4 is 5.32 Å². The van der Waals surface area contributed by atoms with Crippen LogP contribution in [0.3, 0.4) is 0 Å². The van der Waals surface area contributed by atoms with Gasteiger partial charge in [0, 0.05) is 19.0 Å². The van der Waals surface area contributed by atoms with Crippen molar-refractivity contribution in [1.29, 1.82) is 0 Å². The topological polar surface area (TPSA) is 111 Å². The molecule has 2 heterocycles. The van der Waals surface area contributed by atoms with Gasteiger partial charge in [-0.05, 0) is 19.8 Å². The van der Waals surface area contributed by atoms with Crippen LogP contribution in [-0.2, 0) is 19.1 Å². The van der Waals surface area contributed by atoms with Crippen LogP contribution in [0.15, 0.2) is 4.34 Å². The number of piperidine rings is 1. The second-order valence-corrected chi connectivity index (χ2v) is 8.09. The number of anilines is 1. The Hall–Kier alpha value is -2.09. The van der Waals surface area contributed by atoms with E-state index < -0.39 is 24.8 Å². The lowest BCUT2D eigenvalue weighted by Gasteiger charge is -2.30. The lowest BCUT2D eigenvalue weighted by molar-refractivity contribution is -0.162. The highest BCUT2D eigenvalue weighted by Crippen LogP contribution is 2.27. The van der Waals surface area contributed by atoms with Crippen LogP contribution in [0, 0.1) is 5.92 Å². The van der Waals surface area contributed by atoms with Crippen molar-refractivity contribution in [3.63, 3.8) is 0 Å². The van der Waals surface area contributed by atoms with E-state index in [1.54, 1.807) is 6.92 Å².